The molecule has 0 aliphatic heterocycles. The molecular formula is C14H16ClN3O2S. The zero-order valence-electron chi connectivity index (χ0n) is 11.9. The van der Waals surface area contributed by atoms with Crippen LogP contribution in [0.3, 0.4) is 0 Å². The summed E-state index contributed by atoms with van der Waals surface area (Å²) in [7, 11) is -3.73. The number of halogens is 1. The van der Waals surface area contributed by atoms with Crippen molar-refractivity contribution in [3.8, 4) is 12.1 Å². The van der Waals surface area contributed by atoms with Gasteiger partial charge in [-0.2, -0.15) is 14.8 Å². The summed E-state index contributed by atoms with van der Waals surface area (Å²) in [6.07, 6.45) is 0.121. The van der Waals surface area contributed by atoms with E-state index in [0.29, 0.717) is 6.54 Å². The maximum Gasteiger partial charge on any atom is 0.243 e. The average Bonchev–Trinajstić information content (AvgIpc) is 2.42. The third-order valence-corrected chi connectivity index (χ3v) is 4.91. The van der Waals surface area contributed by atoms with E-state index in [-0.39, 0.29) is 34.4 Å². The summed E-state index contributed by atoms with van der Waals surface area (Å²) in [5.74, 6) is 0.132. The Morgan fingerprint density at radius 3 is 2.48 bits per heavy atom. The monoisotopic (exact) mass is 325 g/mol. The van der Waals surface area contributed by atoms with Gasteiger partial charge in [0.1, 0.15) is 6.07 Å². The fraction of sp³-hybridized carbons (Fsp3) is 0.429. The molecule has 0 atom stereocenters. The minimum atomic E-state index is -3.73. The van der Waals surface area contributed by atoms with Crippen molar-refractivity contribution in [1.82, 2.24) is 4.31 Å². The highest BCUT2D eigenvalue weighted by molar-refractivity contribution is 7.89. The van der Waals surface area contributed by atoms with Gasteiger partial charge in [-0.1, -0.05) is 25.4 Å². The molecular weight excluding hydrogens is 310 g/mol. The van der Waals surface area contributed by atoms with E-state index in [2.05, 4.69) is 0 Å². The molecule has 0 aromatic heterocycles. The van der Waals surface area contributed by atoms with Crippen molar-refractivity contribution in [1.29, 1.82) is 10.5 Å². The van der Waals surface area contributed by atoms with Gasteiger partial charge in [-0.3, -0.25) is 0 Å². The number of sulfonamides is 1. The van der Waals surface area contributed by atoms with E-state index in [1.54, 1.807) is 0 Å². The third-order valence-electron chi connectivity index (χ3n) is 2.74. The highest BCUT2D eigenvalue weighted by atomic mass is 35.5. The first-order valence-electron chi connectivity index (χ1n) is 6.39. The van der Waals surface area contributed by atoms with Gasteiger partial charge in [-0.15, -0.1) is 0 Å². The fourth-order valence-corrected chi connectivity index (χ4v) is 3.71. The number of nitriles is 2. The molecule has 0 unspecified atom stereocenters. The molecule has 0 saturated carbocycles. The van der Waals surface area contributed by atoms with Crippen LogP contribution in [-0.2, 0) is 10.0 Å². The predicted molar refractivity (Wildman–Crippen MR) is 80.0 cm³/mol. The molecule has 0 radical (unpaired) electrons. The minimum absolute atomic E-state index is 0.0325. The lowest BCUT2D eigenvalue weighted by molar-refractivity contribution is 0.373. The fourth-order valence-electron chi connectivity index (χ4n) is 1.79. The van der Waals surface area contributed by atoms with E-state index in [4.69, 9.17) is 22.1 Å². The summed E-state index contributed by atoms with van der Waals surface area (Å²) in [6, 6.07) is 7.85. The number of rotatable bonds is 6. The van der Waals surface area contributed by atoms with Crippen molar-refractivity contribution in [2.24, 2.45) is 5.92 Å². The molecule has 0 saturated heterocycles. The Hall–Kier alpha value is -1.60. The second-order valence-corrected chi connectivity index (χ2v) is 7.26. The highest BCUT2D eigenvalue weighted by Gasteiger charge is 2.25. The first-order valence-corrected chi connectivity index (χ1v) is 8.21. The maximum absolute atomic E-state index is 12.6. The summed E-state index contributed by atoms with van der Waals surface area (Å²) in [5.41, 5.74) is 0.225. The number of hydrogen-bond acceptors (Lipinski definition) is 4. The van der Waals surface area contributed by atoms with Gasteiger partial charge in [0.05, 0.1) is 21.6 Å². The average molecular weight is 326 g/mol. The molecule has 21 heavy (non-hydrogen) atoms. The van der Waals surface area contributed by atoms with E-state index < -0.39 is 10.0 Å². The lowest BCUT2D eigenvalue weighted by atomic mass is 10.2. The van der Waals surface area contributed by atoms with Crippen molar-refractivity contribution in [3.63, 3.8) is 0 Å². The Labute approximate surface area is 130 Å². The van der Waals surface area contributed by atoms with Crippen LogP contribution in [-0.4, -0.2) is 25.8 Å². The van der Waals surface area contributed by atoms with Crippen molar-refractivity contribution in [2.45, 2.75) is 25.2 Å². The van der Waals surface area contributed by atoms with Gasteiger partial charge in [0.2, 0.25) is 10.0 Å². The van der Waals surface area contributed by atoms with Crippen molar-refractivity contribution >= 4 is 21.6 Å². The molecule has 0 fully saturated rings. The zero-order valence-corrected chi connectivity index (χ0v) is 13.4. The largest absolute Gasteiger partial charge is 0.243 e. The summed E-state index contributed by atoms with van der Waals surface area (Å²) in [6.45, 7) is 4.26. The second-order valence-electron chi connectivity index (χ2n) is 4.92. The van der Waals surface area contributed by atoms with Crippen LogP contribution in [0.4, 0.5) is 0 Å². The lowest BCUT2D eigenvalue weighted by Crippen LogP contribution is -2.35. The van der Waals surface area contributed by atoms with Gasteiger partial charge >= 0.3 is 0 Å². The summed E-state index contributed by atoms with van der Waals surface area (Å²) >= 11 is 5.89. The minimum Gasteiger partial charge on any atom is -0.207 e. The van der Waals surface area contributed by atoms with Gasteiger partial charge in [-0.05, 0) is 24.1 Å². The predicted octanol–water partition coefficient (Wildman–Crippen LogP) is 2.77. The quantitative estimate of drug-likeness (QED) is 0.804. The molecule has 0 amide bonds. The third kappa shape index (κ3) is 4.44. The van der Waals surface area contributed by atoms with Gasteiger partial charge < -0.3 is 0 Å². The van der Waals surface area contributed by atoms with Gasteiger partial charge in [-0.25, -0.2) is 8.42 Å². The van der Waals surface area contributed by atoms with Crippen LogP contribution in [0.5, 0.6) is 0 Å². The van der Waals surface area contributed by atoms with Gasteiger partial charge in [0, 0.05) is 19.5 Å². The Morgan fingerprint density at radius 2 is 2.00 bits per heavy atom. The van der Waals surface area contributed by atoms with Crippen LogP contribution in [0.15, 0.2) is 23.1 Å². The number of nitrogens with zero attached hydrogens (tertiary/aromatic N) is 3. The van der Waals surface area contributed by atoms with Crippen LogP contribution in [0.25, 0.3) is 0 Å². The molecule has 0 aliphatic carbocycles. The van der Waals surface area contributed by atoms with Crippen LogP contribution in [0, 0.1) is 28.6 Å². The molecule has 5 nitrogen and oxygen atoms in total. The van der Waals surface area contributed by atoms with Crippen LogP contribution in [0.1, 0.15) is 25.8 Å². The van der Waals surface area contributed by atoms with Crippen LogP contribution < -0.4 is 0 Å². The summed E-state index contributed by atoms with van der Waals surface area (Å²) in [4.78, 5) is 0.0325. The Morgan fingerprint density at radius 1 is 1.33 bits per heavy atom. The molecule has 112 valence electrons. The van der Waals surface area contributed by atoms with E-state index in [1.807, 2.05) is 26.0 Å². The molecule has 1 rings (SSSR count). The Bertz CT molecular complexity index is 687. The normalized spacial score (nSPS) is 11.4. The van der Waals surface area contributed by atoms with Gasteiger partial charge in [0.25, 0.3) is 0 Å². The van der Waals surface area contributed by atoms with Gasteiger partial charge in [0.15, 0.2) is 0 Å². The van der Waals surface area contributed by atoms with E-state index in [9.17, 15) is 8.42 Å². The summed E-state index contributed by atoms with van der Waals surface area (Å²) < 4.78 is 26.5. The standard InChI is InChI=1S/C14H16ClN3O2S/c1-11(2)10-18(7-3-6-16)21(19,20)13-5-4-12(9-17)14(15)8-13/h4-5,8,11H,3,7,10H2,1-2H3. The molecule has 0 N–H and O–H groups in total. The molecule has 0 bridgehead atoms. The second kappa shape index (κ2) is 7.42. The van der Waals surface area contributed by atoms with E-state index in [1.165, 1.54) is 22.5 Å². The molecule has 0 aliphatic rings. The molecule has 0 spiro atoms. The number of hydrogen-bond donors (Lipinski definition) is 0. The van der Waals surface area contributed by atoms with Crippen molar-refractivity contribution in [2.75, 3.05) is 13.1 Å². The van der Waals surface area contributed by atoms with Crippen molar-refractivity contribution < 1.29 is 8.42 Å². The SMILES string of the molecule is CC(C)CN(CCC#N)S(=O)(=O)c1ccc(C#N)c(Cl)c1. The molecule has 1 aromatic rings. The lowest BCUT2D eigenvalue weighted by Gasteiger charge is -2.23. The topological polar surface area (TPSA) is 85.0 Å². The highest BCUT2D eigenvalue weighted by Crippen LogP contribution is 2.23. The van der Waals surface area contributed by atoms with Crippen LogP contribution in [0.2, 0.25) is 5.02 Å². The first kappa shape index (κ1) is 17.5. The zero-order chi connectivity index (χ0) is 16.0. The molecule has 1 aromatic carbocycles. The molecule has 0 heterocycles. The van der Waals surface area contributed by atoms with Crippen LogP contribution >= 0.6 is 11.6 Å². The summed E-state index contributed by atoms with van der Waals surface area (Å²) in [5, 5.41) is 17.6. The first-order chi connectivity index (χ1) is 9.82. The van der Waals surface area contributed by atoms with Crippen molar-refractivity contribution in [3.05, 3.63) is 28.8 Å². The smallest absolute Gasteiger partial charge is 0.207 e. The van der Waals surface area contributed by atoms with E-state index in [0.717, 1.165) is 0 Å². The number of benzene rings is 1. The molecule has 7 heteroatoms. The Balaban J connectivity index is 3.19. The maximum atomic E-state index is 12.6. The Kier molecular flexibility index (Phi) is 6.17. The van der Waals surface area contributed by atoms with E-state index >= 15 is 0 Å².